The second-order valence-corrected chi connectivity index (χ2v) is 5.80. The summed E-state index contributed by atoms with van der Waals surface area (Å²) in [7, 11) is 1.79. The van der Waals surface area contributed by atoms with E-state index in [0.717, 1.165) is 49.0 Å². The molecule has 25 heavy (non-hydrogen) atoms. The first kappa shape index (κ1) is 17.0. The van der Waals surface area contributed by atoms with E-state index in [1.807, 2.05) is 49.5 Å². The zero-order valence-corrected chi connectivity index (χ0v) is 14.7. The number of nitrogens with one attached hydrogen (secondary N) is 2. The number of para-hydroxylation sites is 2. The summed E-state index contributed by atoms with van der Waals surface area (Å²) in [6.45, 7) is 4.46. The van der Waals surface area contributed by atoms with Crippen LogP contribution in [0.4, 0.5) is 0 Å². The van der Waals surface area contributed by atoms with Gasteiger partial charge in [-0.05, 0) is 31.2 Å². The normalized spacial score (nSPS) is 11.7. The van der Waals surface area contributed by atoms with E-state index in [9.17, 15) is 0 Å². The van der Waals surface area contributed by atoms with Gasteiger partial charge >= 0.3 is 0 Å². The highest BCUT2D eigenvalue weighted by Gasteiger charge is 2.06. The van der Waals surface area contributed by atoms with Gasteiger partial charge in [-0.25, -0.2) is 4.98 Å². The third-order valence-electron chi connectivity index (χ3n) is 4.10. The van der Waals surface area contributed by atoms with E-state index in [2.05, 4.69) is 36.2 Å². The number of hydrogen-bond donors (Lipinski definition) is 2. The minimum atomic E-state index is 0.782. The molecule has 3 aromatic rings. The van der Waals surface area contributed by atoms with Crippen LogP contribution < -0.4 is 10.6 Å². The molecular formula is C19H24N6. The maximum Gasteiger partial charge on any atom is 0.191 e. The fraction of sp³-hybridized carbons (Fsp3) is 0.316. The summed E-state index contributed by atoms with van der Waals surface area (Å²) in [5.41, 5.74) is 3.28. The number of pyridine rings is 1. The van der Waals surface area contributed by atoms with Gasteiger partial charge in [0.25, 0.3) is 0 Å². The van der Waals surface area contributed by atoms with Crippen LogP contribution in [0.5, 0.6) is 0 Å². The highest BCUT2D eigenvalue weighted by atomic mass is 15.2. The molecule has 6 nitrogen and oxygen atoms in total. The molecule has 0 atom stereocenters. The molecule has 0 fully saturated rings. The lowest BCUT2D eigenvalue weighted by Gasteiger charge is -2.13. The SMILES string of the molecule is CN=C(NCCc1ccccn1)NCCn1c(C)nc2ccccc21. The molecule has 0 unspecified atom stereocenters. The highest BCUT2D eigenvalue weighted by molar-refractivity contribution is 5.79. The molecule has 0 saturated heterocycles. The summed E-state index contributed by atoms with van der Waals surface area (Å²) in [6.07, 6.45) is 2.69. The molecule has 6 heteroatoms. The summed E-state index contributed by atoms with van der Waals surface area (Å²) in [6, 6.07) is 14.2. The molecule has 130 valence electrons. The first-order valence-electron chi connectivity index (χ1n) is 8.54. The summed E-state index contributed by atoms with van der Waals surface area (Å²) < 4.78 is 2.23. The van der Waals surface area contributed by atoms with E-state index in [0.29, 0.717) is 0 Å². The molecule has 0 saturated carbocycles. The molecule has 0 aliphatic carbocycles. The molecule has 0 amide bonds. The molecule has 2 heterocycles. The molecule has 0 radical (unpaired) electrons. The number of aliphatic imine (C=N–C) groups is 1. The van der Waals surface area contributed by atoms with Crippen molar-refractivity contribution in [3.63, 3.8) is 0 Å². The van der Waals surface area contributed by atoms with Gasteiger partial charge in [-0.2, -0.15) is 0 Å². The van der Waals surface area contributed by atoms with Gasteiger partial charge in [0.15, 0.2) is 5.96 Å². The van der Waals surface area contributed by atoms with Crippen molar-refractivity contribution in [3.05, 3.63) is 60.2 Å². The van der Waals surface area contributed by atoms with E-state index in [4.69, 9.17) is 0 Å². The molecule has 2 N–H and O–H groups in total. The van der Waals surface area contributed by atoms with Crippen LogP contribution in [0.3, 0.4) is 0 Å². The number of aromatic nitrogens is 3. The van der Waals surface area contributed by atoms with Crippen LogP contribution in [-0.4, -0.2) is 40.6 Å². The Morgan fingerprint density at radius 2 is 1.88 bits per heavy atom. The number of benzene rings is 1. The van der Waals surface area contributed by atoms with Gasteiger partial charge in [-0.1, -0.05) is 18.2 Å². The zero-order valence-electron chi connectivity index (χ0n) is 14.7. The lowest BCUT2D eigenvalue weighted by atomic mass is 10.3. The largest absolute Gasteiger partial charge is 0.356 e. The molecule has 0 bridgehead atoms. The maximum atomic E-state index is 4.60. The van der Waals surface area contributed by atoms with Gasteiger partial charge in [0.1, 0.15) is 5.82 Å². The Hall–Kier alpha value is -2.89. The Labute approximate surface area is 148 Å². The molecule has 0 spiro atoms. The van der Waals surface area contributed by atoms with Gasteiger partial charge in [-0.3, -0.25) is 9.98 Å². The smallest absolute Gasteiger partial charge is 0.191 e. The number of fused-ring (bicyclic) bond motifs is 1. The van der Waals surface area contributed by atoms with E-state index < -0.39 is 0 Å². The van der Waals surface area contributed by atoms with Gasteiger partial charge < -0.3 is 15.2 Å². The van der Waals surface area contributed by atoms with Crippen molar-refractivity contribution in [1.82, 2.24) is 25.2 Å². The molecule has 0 aliphatic heterocycles. The summed E-state index contributed by atoms with van der Waals surface area (Å²) in [4.78, 5) is 13.2. The van der Waals surface area contributed by atoms with E-state index >= 15 is 0 Å². The van der Waals surface area contributed by atoms with Gasteiger partial charge in [-0.15, -0.1) is 0 Å². The van der Waals surface area contributed by atoms with E-state index in [-0.39, 0.29) is 0 Å². The second-order valence-electron chi connectivity index (χ2n) is 5.80. The first-order valence-corrected chi connectivity index (χ1v) is 8.54. The van der Waals surface area contributed by atoms with Crippen LogP contribution in [0.25, 0.3) is 11.0 Å². The average molecular weight is 336 g/mol. The van der Waals surface area contributed by atoms with E-state index in [1.54, 1.807) is 7.05 Å². The van der Waals surface area contributed by atoms with E-state index in [1.165, 1.54) is 5.52 Å². The minimum Gasteiger partial charge on any atom is -0.356 e. The van der Waals surface area contributed by atoms with Crippen LogP contribution in [0.1, 0.15) is 11.5 Å². The predicted octanol–water partition coefficient (Wildman–Crippen LogP) is 2.15. The van der Waals surface area contributed by atoms with Crippen LogP contribution in [0, 0.1) is 6.92 Å². The molecular weight excluding hydrogens is 312 g/mol. The number of hydrogen-bond acceptors (Lipinski definition) is 3. The van der Waals surface area contributed by atoms with Crippen LogP contribution in [0.2, 0.25) is 0 Å². The third-order valence-corrected chi connectivity index (χ3v) is 4.10. The van der Waals surface area contributed by atoms with Crippen molar-refractivity contribution in [3.8, 4) is 0 Å². The number of imidazole rings is 1. The monoisotopic (exact) mass is 336 g/mol. The topological polar surface area (TPSA) is 67.1 Å². The third kappa shape index (κ3) is 4.35. The number of aryl methyl sites for hydroxylation is 1. The quantitative estimate of drug-likeness (QED) is 0.535. The number of rotatable bonds is 6. The standard InChI is InChI=1S/C19H24N6/c1-15-24-17-8-3-4-9-18(17)25(15)14-13-23-19(20-2)22-12-10-16-7-5-6-11-21-16/h3-9,11H,10,12-14H2,1-2H3,(H2,20,22,23). The highest BCUT2D eigenvalue weighted by Crippen LogP contribution is 2.14. The van der Waals surface area contributed by atoms with Gasteiger partial charge in [0.05, 0.1) is 11.0 Å². The van der Waals surface area contributed by atoms with Crippen LogP contribution in [-0.2, 0) is 13.0 Å². The average Bonchev–Trinajstić information content (AvgIpc) is 2.97. The Kier molecular flexibility index (Phi) is 5.61. The lowest BCUT2D eigenvalue weighted by molar-refractivity contribution is 0.659. The van der Waals surface area contributed by atoms with Crippen LogP contribution >= 0.6 is 0 Å². The van der Waals surface area contributed by atoms with Crippen molar-refractivity contribution < 1.29 is 0 Å². The fourth-order valence-corrected chi connectivity index (χ4v) is 2.84. The molecule has 3 rings (SSSR count). The summed E-state index contributed by atoms with van der Waals surface area (Å²) in [5.74, 6) is 1.83. The van der Waals surface area contributed by atoms with Gasteiger partial charge in [0, 0.05) is 45.0 Å². The molecule has 1 aromatic carbocycles. The minimum absolute atomic E-state index is 0.782. The van der Waals surface area contributed by atoms with Crippen molar-refractivity contribution in [2.45, 2.75) is 19.9 Å². The predicted molar refractivity (Wildman–Crippen MR) is 102 cm³/mol. The molecule has 0 aliphatic rings. The Balaban J connectivity index is 1.49. The second kappa shape index (κ2) is 8.28. The van der Waals surface area contributed by atoms with Crippen molar-refractivity contribution in [1.29, 1.82) is 0 Å². The Morgan fingerprint density at radius 1 is 1.08 bits per heavy atom. The maximum absolute atomic E-state index is 4.60. The van der Waals surface area contributed by atoms with Crippen molar-refractivity contribution in [2.24, 2.45) is 4.99 Å². The Bertz CT molecular complexity index is 838. The van der Waals surface area contributed by atoms with Crippen molar-refractivity contribution in [2.75, 3.05) is 20.1 Å². The number of nitrogens with zero attached hydrogens (tertiary/aromatic N) is 4. The zero-order chi connectivity index (χ0) is 17.5. The first-order chi connectivity index (χ1) is 12.3. The van der Waals surface area contributed by atoms with Crippen molar-refractivity contribution >= 4 is 17.0 Å². The fourth-order valence-electron chi connectivity index (χ4n) is 2.84. The molecule has 2 aromatic heterocycles. The van der Waals surface area contributed by atoms with Crippen LogP contribution in [0.15, 0.2) is 53.7 Å². The van der Waals surface area contributed by atoms with Gasteiger partial charge in [0.2, 0.25) is 0 Å². The Morgan fingerprint density at radius 3 is 2.68 bits per heavy atom. The summed E-state index contributed by atoms with van der Waals surface area (Å²) in [5, 5.41) is 6.68. The number of guanidine groups is 1. The summed E-state index contributed by atoms with van der Waals surface area (Å²) >= 11 is 0. The lowest BCUT2D eigenvalue weighted by Crippen LogP contribution is -2.39.